The Bertz CT molecular complexity index is 1360. The van der Waals surface area contributed by atoms with Gasteiger partial charge in [0.15, 0.2) is 0 Å². The Morgan fingerprint density at radius 2 is 1.09 bits per heavy atom. The van der Waals surface area contributed by atoms with Crippen LogP contribution in [-0.4, -0.2) is 11.4 Å². The third kappa shape index (κ3) is 5.73. The zero-order chi connectivity index (χ0) is 24.9. The zero-order valence-corrected chi connectivity index (χ0v) is 25.5. The predicted octanol–water partition coefficient (Wildman–Crippen LogP) is 10.1. The van der Waals surface area contributed by atoms with Crippen molar-refractivity contribution in [3.05, 3.63) is 107 Å². The van der Waals surface area contributed by atoms with Gasteiger partial charge in [0.2, 0.25) is 0 Å². The first-order valence-electron chi connectivity index (χ1n) is 11.7. The second kappa shape index (κ2) is 12.1. The Hall–Kier alpha value is -1.57. The van der Waals surface area contributed by atoms with Crippen molar-refractivity contribution in [3.8, 4) is 0 Å². The molecule has 0 fully saturated rings. The maximum atomic E-state index is 5.40. The molecular weight excluding hydrogens is 701 g/mol. The minimum absolute atomic E-state index is 0.391. The molecule has 0 heterocycles. The molecule has 0 aliphatic heterocycles. The molecule has 0 unspecified atom stereocenters. The fraction of sp³-hybridized carbons (Fsp3) is 0.200. The van der Waals surface area contributed by atoms with Gasteiger partial charge >= 0.3 is 49.0 Å². The standard InChI is InChI=1S/C30H28N2.2HI.Ni/c1-19(2)23-15-10-16-24(20(3)4)28(23)32-30-26-18-9-12-21-11-8-17-25(27(21)26)29(30)31-22-13-6-5-7-14-22;;;/h5-20H,1-4H3;2*1H;/q;;;+2/p-2. The fourth-order valence-corrected chi connectivity index (χ4v) is 4.60. The van der Waals surface area contributed by atoms with E-state index in [1.54, 1.807) is 8.07 Å². The molecule has 0 saturated carbocycles. The van der Waals surface area contributed by atoms with E-state index >= 15 is 0 Å². The number of benzene rings is 4. The summed E-state index contributed by atoms with van der Waals surface area (Å²) in [6.07, 6.45) is 0. The Labute approximate surface area is 237 Å². The second-order valence-corrected chi connectivity index (χ2v) is 17.4. The van der Waals surface area contributed by atoms with Gasteiger partial charge in [-0.3, -0.25) is 0 Å². The Kier molecular flexibility index (Phi) is 9.17. The first kappa shape index (κ1) is 26.5. The van der Waals surface area contributed by atoms with Crippen molar-refractivity contribution < 1.29 is 8.07 Å². The second-order valence-electron chi connectivity index (χ2n) is 9.11. The summed E-state index contributed by atoms with van der Waals surface area (Å²) in [4.78, 5) is 10.5. The van der Waals surface area contributed by atoms with Gasteiger partial charge in [-0.15, -0.1) is 0 Å². The van der Waals surface area contributed by atoms with Crippen LogP contribution in [0.25, 0.3) is 10.8 Å². The Balaban J connectivity index is 0.000000917. The summed E-state index contributed by atoms with van der Waals surface area (Å²) in [7, 11) is 1.56. The van der Waals surface area contributed by atoms with Crippen molar-refractivity contribution >= 4 is 74.5 Å². The molecule has 0 saturated heterocycles. The van der Waals surface area contributed by atoms with E-state index in [0.29, 0.717) is 11.8 Å². The first-order valence-corrected chi connectivity index (χ1v) is 18.0. The number of rotatable bonds is 4. The molecule has 0 radical (unpaired) electrons. The minimum atomic E-state index is 0.391. The van der Waals surface area contributed by atoms with Crippen LogP contribution in [0.15, 0.2) is 94.9 Å². The van der Waals surface area contributed by atoms with Crippen molar-refractivity contribution in [1.29, 1.82) is 0 Å². The number of aliphatic imine (C=N–C) groups is 2. The summed E-state index contributed by atoms with van der Waals surface area (Å²) < 4.78 is 0. The number of nitrogens with zero attached hydrogens (tertiary/aromatic N) is 2. The first-order chi connectivity index (χ1) is 17.0. The molecule has 0 spiro atoms. The average molecular weight is 729 g/mol. The van der Waals surface area contributed by atoms with Crippen LogP contribution in [0.5, 0.6) is 0 Å². The third-order valence-corrected chi connectivity index (χ3v) is 6.20. The van der Waals surface area contributed by atoms with E-state index in [0.717, 1.165) is 28.4 Å². The molecule has 4 aromatic rings. The van der Waals surface area contributed by atoms with Gasteiger partial charge in [-0.05, 0) is 40.5 Å². The van der Waals surface area contributed by atoms with Crippen LogP contribution in [0.2, 0.25) is 0 Å². The van der Waals surface area contributed by atoms with Crippen LogP contribution in [-0.2, 0) is 8.07 Å². The van der Waals surface area contributed by atoms with Crippen LogP contribution in [0.4, 0.5) is 11.4 Å². The monoisotopic (exact) mass is 728 g/mol. The van der Waals surface area contributed by atoms with Gasteiger partial charge in [-0.1, -0.05) is 100 Å². The van der Waals surface area contributed by atoms with Crippen molar-refractivity contribution in [2.45, 2.75) is 39.5 Å². The predicted molar refractivity (Wildman–Crippen MR) is 165 cm³/mol. The van der Waals surface area contributed by atoms with Crippen LogP contribution in [0.1, 0.15) is 61.8 Å². The normalized spacial score (nSPS) is 14.9. The summed E-state index contributed by atoms with van der Waals surface area (Å²) in [6.45, 7) is 8.97. The van der Waals surface area contributed by atoms with Crippen LogP contribution in [0.3, 0.4) is 0 Å². The average Bonchev–Trinajstić information content (AvgIpc) is 3.14. The van der Waals surface area contributed by atoms with E-state index in [1.807, 2.05) is 18.2 Å². The van der Waals surface area contributed by atoms with Gasteiger partial charge in [0.1, 0.15) is 0 Å². The quantitative estimate of drug-likeness (QED) is 0.148. The van der Waals surface area contributed by atoms with Crippen molar-refractivity contribution in [1.82, 2.24) is 0 Å². The van der Waals surface area contributed by atoms with E-state index in [2.05, 4.69) is 135 Å². The van der Waals surface area contributed by atoms with Gasteiger partial charge in [-0.2, -0.15) is 0 Å². The molecule has 0 bridgehead atoms. The van der Waals surface area contributed by atoms with Gasteiger partial charge in [-0.25, -0.2) is 9.98 Å². The van der Waals surface area contributed by atoms with Crippen molar-refractivity contribution in [2.75, 3.05) is 0 Å². The van der Waals surface area contributed by atoms with Crippen molar-refractivity contribution in [3.63, 3.8) is 0 Å². The van der Waals surface area contributed by atoms with Crippen LogP contribution < -0.4 is 0 Å². The maximum absolute atomic E-state index is 5.40. The molecule has 1 aliphatic carbocycles. The Morgan fingerprint density at radius 3 is 1.60 bits per heavy atom. The molecular formula is C30H28I2N2Ni. The fourth-order valence-electron chi connectivity index (χ4n) is 4.60. The molecule has 4 aromatic carbocycles. The molecule has 0 N–H and O–H groups in total. The molecule has 1 aliphatic rings. The number of halogens is 2. The molecule has 35 heavy (non-hydrogen) atoms. The van der Waals surface area contributed by atoms with Gasteiger partial charge < -0.3 is 0 Å². The van der Waals surface area contributed by atoms with E-state index < -0.39 is 0 Å². The summed E-state index contributed by atoms with van der Waals surface area (Å²) in [5.74, 6) is 0.782. The molecule has 5 heteroatoms. The van der Waals surface area contributed by atoms with E-state index in [1.165, 1.54) is 27.5 Å². The summed E-state index contributed by atoms with van der Waals surface area (Å²) in [6, 6.07) is 29.7. The van der Waals surface area contributed by atoms with E-state index in [4.69, 9.17) is 9.98 Å². The topological polar surface area (TPSA) is 24.7 Å². The zero-order valence-electron chi connectivity index (χ0n) is 20.2. The number of hydrogen-bond acceptors (Lipinski definition) is 2. The van der Waals surface area contributed by atoms with Crippen LogP contribution >= 0.6 is 41.0 Å². The van der Waals surface area contributed by atoms with Gasteiger partial charge in [0.05, 0.1) is 22.8 Å². The third-order valence-electron chi connectivity index (χ3n) is 6.20. The van der Waals surface area contributed by atoms with Crippen LogP contribution in [0, 0.1) is 0 Å². The number of para-hydroxylation sites is 2. The number of hydrogen-bond donors (Lipinski definition) is 0. The molecule has 0 atom stereocenters. The summed E-state index contributed by atoms with van der Waals surface area (Å²) >= 11 is 4.43. The Morgan fingerprint density at radius 1 is 0.600 bits per heavy atom. The summed E-state index contributed by atoms with van der Waals surface area (Å²) in [5, 5.41) is 2.48. The molecule has 0 amide bonds. The molecule has 0 aromatic heterocycles. The van der Waals surface area contributed by atoms with Gasteiger partial charge in [0.25, 0.3) is 0 Å². The summed E-state index contributed by atoms with van der Waals surface area (Å²) in [5.41, 5.74) is 8.86. The van der Waals surface area contributed by atoms with E-state index in [9.17, 15) is 0 Å². The SMILES string of the molecule is CC(C)c1cccc(C(C)C)c1N=C1C(=Nc2ccccc2)c2cccc3cccc1c23.[I][Ni][I]. The van der Waals surface area contributed by atoms with Crippen molar-refractivity contribution in [2.24, 2.45) is 9.98 Å². The molecule has 5 rings (SSSR count). The van der Waals surface area contributed by atoms with E-state index in [-0.39, 0.29) is 0 Å². The van der Waals surface area contributed by atoms with Gasteiger partial charge in [0, 0.05) is 16.5 Å². The molecule has 182 valence electrons. The molecule has 2 nitrogen and oxygen atoms in total.